The van der Waals surface area contributed by atoms with E-state index in [0.29, 0.717) is 29.6 Å². The topological polar surface area (TPSA) is 133 Å². The Kier molecular flexibility index (Phi) is 12.1. The van der Waals surface area contributed by atoms with Crippen LogP contribution in [0.4, 0.5) is 24.8 Å². The fourth-order valence-corrected chi connectivity index (χ4v) is 5.89. The van der Waals surface area contributed by atoms with Gasteiger partial charge in [-0.15, -0.1) is 0 Å². The molecule has 256 valence electrons. The molecule has 47 heavy (non-hydrogen) atoms. The van der Waals surface area contributed by atoms with Crippen LogP contribution in [0.25, 0.3) is 0 Å². The highest BCUT2D eigenvalue weighted by molar-refractivity contribution is 9.10. The molecule has 1 amide bonds. The van der Waals surface area contributed by atoms with Crippen LogP contribution in [0.15, 0.2) is 65.1 Å². The molecule has 2 aromatic carbocycles. The van der Waals surface area contributed by atoms with Crippen molar-refractivity contribution >= 4 is 43.5 Å². The molecule has 15 heteroatoms. The van der Waals surface area contributed by atoms with Gasteiger partial charge in [0, 0.05) is 36.7 Å². The molecule has 1 heterocycles. The van der Waals surface area contributed by atoms with Gasteiger partial charge in [-0.3, -0.25) is 9.10 Å². The maximum Gasteiger partial charge on any atom is 0.416 e. The highest BCUT2D eigenvalue weighted by Crippen LogP contribution is 2.30. The van der Waals surface area contributed by atoms with Crippen molar-refractivity contribution in [2.45, 2.75) is 56.8 Å². The van der Waals surface area contributed by atoms with E-state index < -0.39 is 45.1 Å². The van der Waals surface area contributed by atoms with Gasteiger partial charge in [-0.05, 0) is 74.6 Å². The molecule has 10 nitrogen and oxygen atoms in total. The quantitative estimate of drug-likeness (QED) is 0.158. The lowest BCUT2D eigenvalue weighted by molar-refractivity contribution is -0.137. The number of anilines is 2. The highest BCUT2D eigenvalue weighted by atomic mass is 79.9. The smallest absolute Gasteiger partial charge is 0.416 e. The van der Waals surface area contributed by atoms with Crippen LogP contribution in [-0.4, -0.2) is 68.6 Å². The Morgan fingerprint density at radius 1 is 1.13 bits per heavy atom. The second-order valence-corrected chi connectivity index (χ2v) is 15.2. The first-order valence-corrected chi connectivity index (χ1v) is 17.4. The molecule has 0 bridgehead atoms. The number of rotatable bonds is 16. The van der Waals surface area contributed by atoms with Gasteiger partial charge in [0.1, 0.15) is 24.0 Å². The number of hydrogen-bond donors (Lipinski definition) is 4. The van der Waals surface area contributed by atoms with Crippen molar-refractivity contribution in [2.24, 2.45) is 5.92 Å². The fraction of sp³-hybridized carbons (Fsp3) is 0.438. The Morgan fingerprint density at radius 2 is 1.85 bits per heavy atom. The van der Waals surface area contributed by atoms with Gasteiger partial charge in [-0.25, -0.2) is 13.4 Å². The van der Waals surface area contributed by atoms with Crippen molar-refractivity contribution in [3.05, 3.63) is 81.8 Å². The van der Waals surface area contributed by atoms with Gasteiger partial charge in [0.15, 0.2) is 0 Å². The number of aromatic nitrogens is 1. The first kappa shape index (κ1) is 36.4. The lowest BCUT2D eigenvalue weighted by Gasteiger charge is -2.26. The normalized spacial score (nSPS) is 14.8. The summed E-state index contributed by atoms with van der Waals surface area (Å²) in [5.74, 6) is 0.720. The number of carbonyl (C=O) groups excluding carboxylic acids is 1. The molecular weight excluding hydrogens is 703 g/mol. The highest BCUT2D eigenvalue weighted by Gasteiger charge is 2.31. The van der Waals surface area contributed by atoms with Gasteiger partial charge in [0.25, 0.3) is 5.91 Å². The van der Waals surface area contributed by atoms with E-state index in [-0.39, 0.29) is 31.1 Å². The van der Waals surface area contributed by atoms with E-state index in [2.05, 4.69) is 36.9 Å². The molecule has 1 saturated carbocycles. The third kappa shape index (κ3) is 10.5. The largest absolute Gasteiger partial charge is 0.491 e. The monoisotopic (exact) mass is 741 g/mol. The summed E-state index contributed by atoms with van der Waals surface area (Å²) >= 11 is 3.38. The summed E-state index contributed by atoms with van der Waals surface area (Å²) in [5, 5.41) is 19.4. The molecule has 4 rings (SSSR count). The molecule has 0 radical (unpaired) electrons. The molecule has 4 N–H and O–H groups in total. The lowest BCUT2D eigenvalue weighted by Crippen LogP contribution is -2.50. The average Bonchev–Trinajstić information content (AvgIpc) is 3.86. The zero-order valence-electron chi connectivity index (χ0n) is 26.2. The molecule has 1 fully saturated rings. The number of carbonyl (C=O) groups is 1. The summed E-state index contributed by atoms with van der Waals surface area (Å²) in [6.07, 6.45) is -3.57. The minimum Gasteiger partial charge on any atom is -0.491 e. The number of nitrogens with zero attached hydrogens (tertiary/aromatic N) is 2. The Morgan fingerprint density at radius 3 is 2.51 bits per heavy atom. The first-order chi connectivity index (χ1) is 22.1. The van der Waals surface area contributed by atoms with E-state index in [9.17, 15) is 31.5 Å². The number of benzene rings is 2. The third-order valence-electron chi connectivity index (χ3n) is 7.59. The van der Waals surface area contributed by atoms with E-state index in [4.69, 9.17) is 4.74 Å². The van der Waals surface area contributed by atoms with Gasteiger partial charge < -0.3 is 25.8 Å². The number of aliphatic hydroxyl groups is 1. The Balaban J connectivity index is 1.53. The van der Waals surface area contributed by atoms with E-state index in [1.807, 2.05) is 6.07 Å². The predicted octanol–water partition coefficient (Wildman–Crippen LogP) is 5.19. The number of halogens is 4. The summed E-state index contributed by atoms with van der Waals surface area (Å²) in [4.78, 5) is 18.1. The lowest BCUT2D eigenvalue weighted by atomic mass is 10.1. The summed E-state index contributed by atoms with van der Waals surface area (Å²) in [5.41, 5.74) is -0.302. The Hall–Kier alpha value is -3.40. The molecule has 1 aromatic heterocycles. The second kappa shape index (κ2) is 15.7. The minimum atomic E-state index is -4.48. The predicted molar refractivity (Wildman–Crippen MR) is 178 cm³/mol. The van der Waals surface area contributed by atoms with Crippen molar-refractivity contribution in [1.29, 1.82) is 0 Å². The van der Waals surface area contributed by atoms with Gasteiger partial charge >= 0.3 is 6.18 Å². The van der Waals surface area contributed by atoms with Crippen LogP contribution >= 0.6 is 15.9 Å². The van der Waals surface area contributed by atoms with Gasteiger partial charge in [-0.2, -0.15) is 13.2 Å². The van der Waals surface area contributed by atoms with Crippen molar-refractivity contribution in [1.82, 2.24) is 15.6 Å². The maximum absolute atomic E-state index is 13.7. The summed E-state index contributed by atoms with van der Waals surface area (Å²) in [6.45, 7) is 3.52. The number of sulfonamides is 1. The van der Waals surface area contributed by atoms with Gasteiger partial charge in [0.05, 0.1) is 23.0 Å². The molecule has 2 unspecified atom stereocenters. The first-order valence-electron chi connectivity index (χ1n) is 15.1. The number of pyridine rings is 1. The van der Waals surface area contributed by atoms with Crippen LogP contribution in [0.2, 0.25) is 0 Å². The number of hydrogen-bond acceptors (Lipinski definition) is 8. The zero-order valence-corrected chi connectivity index (χ0v) is 28.6. The number of nitrogens with one attached hydrogen (secondary N) is 3. The van der Waals surface area contributed by atoms with E-state index in [0.717, 1.165) is 33.8 Å². The van der Waals surface area contributed by atoms with Crippen LogP contribution in [0.5, 0.6) is 5.75 Å². The van der Waals surface area contributed by atoms with Crippen molar-refractivity contribution in [2.75, 3.05) is 36.4 Å². The van der Waals surface area contributed by atoms with Crippen LogP contribution in [0, 0.1) is 5.92 Å². The van der Waals surface area contributed by atoms with Crippen molar-refractivity contribution in [3.8, 4) is 5.75 Å². The maximum atomic E-state index is 13.7. The van der Waals surface area contributed by atoms with Crippen LogP contribution in [-0.2, 0) is 22.7 Å². The molecule has 1 aliphatic rings. The van der Waals surface area contributed by atoms with Gasteiger partial charge in [0.2, 0.25) is 10.0 Å². The average molecular weight is 743 g/mol. The van der Waals surface area contributed by atoms with E-state index >= 15 is 0 Å². The number of alkyl halides is 3. The molecule has 1 aliphatic carbocycles. The Labute approximate surface area is 281 Å². The zero-order chi connectivity index (χ0) is 34.4. The van der Waals surface area contributed by atoms with E-state index in [1.165, 1.54) is 31.3 Å². The summed E-state index contributed by atoms with van der Waals surface area (Å²) < 4.78 is 73.0. The third-order valence-corrected chi connectivity index (χ3v) is 10.2. The number of amides is 1. The van der Waals surface area contributed by atoms with Crippen LogP contribution in [0.3, 0.4) is 0 Å². The number of aliphatic hydroxyl groups excluding tert-OH is 1. The second-order valence-electron chi connectivity index (χ2n) is 11.7. The fourth-order valence-electron chi connectivity index (χ4n) is 4.52. The molecule has 0 spiro atoms. The molecule has 0 saturated heterocycles. The molecular formula is C32H39BrF3N5O5S. The molecule has 3 aromatic rings. The van der Waals surface area contributed by atoms with Gasteiger partial charge in [-0.1, -0.05) is 40.2 Å². The standard InChI is InChI=1S/C32H39BrF3N5O5S/c1-20(2)47(44,45)41(3)30-14-23(13-29(40-30)38-17-21-10-11-21)31(43)39-27(19-46-26-9-5-8-25(33)15-26)28(42)18-37-16-22-6-4-7-24(12-22)32(34,35)36/h4-9,12-15,20-21,27-28,37,42H,10-11,16-19H2,1-3H3,(H,38,40)(H,39,43). The summed E-state index contributed by atoms with van der Waals surface area (Å²) in [6, 6.07) is 13.8. The Bertz CT molecular complexity index is 1640. The minimum absolute atomic E-state index is 0.0362. The SMILES string of the molecule is CC(C)S(=O)(=O)N(C)c1cc(C(=O)NC(COc2cccc(Br)c2)C(O)CNCc2cccc(C(F)(F)F)c2)cc(NCC2CC2)n1. The molecule has 0 aliphatic heterocycles. The summed E-state index contributed by atoms with van der Waals surface area (Å²) in [7, 11) is -2.38. The van der Waals surface area contributed by atoms with Crippen molar-refractivity contribution in [3.63, 3.8) is 0 Å². The van der Waals surface area contributed by atoms with Crippen LogP contribution < -0.4 is 25.0 Å². The molecule has 2 atom stereocenters. The number of ether oxygens (including phenoxy) is 1. The van der Waals surface area contributed by atoms with Crippen LogP contribution in [0.1, 0.15) is 48.2 Å². The van der Waals surface area contributed by atoms with Crippen molar-refractivity contribution < 1.29 is 36.2 Å². The van der Waals surface area contributed by atoms with E-state index in [1.54, 1.807) is 32.0 Å².